The van der Waals surface area contributed by atoms with Crippen molar-refractivity contribution in [1.29, 1.82) is 0 Å². The van der Waals surface area contributed by atoms with Crippen LogP contribution in [-0.2, 0) is 7.05 Å². The molecule has 2 aromatic heterocycles. The summed E-state index contributed by atoms with van der Waals surface area (Å²) in [6.45, 7) is 8.70. The normalized spacial score (nSPS) is 15.3. The smallest absolute Gasteiger partial charge is 0.160 e. The van der Waals surface area contributed by atoms with Crippen molar-refractivity contribution in [3.05, 3.63) is 30.0 Å². The van der Waals surface area contributed by atoms with Crippen LogP contribution in [0.25, 0.3) is 21.9 Å². The Morgan fingerprint density at radius 3 is 2.77 bits per heavy atom. The molecule has 1 aliphatic rings. The number of nitrogens with zero attached hydrogens (tertiary/aromatic N) is 4. The molecule has 4 rings (SSSR count). The van der Waals surface area contributed by atoms with Crippen molar-refractivity contribution in [2.75, 3.05) is 44.6 Å². The van der Waals surface area contributed by atoms with E-state index in [0.717, 1.165) is 67.9 Å². The van der Waals surface area contributed by atoms with Gasteiger partial charge in [0.05, 0.1) is 22.3 Å². The lowest BCUT2D eigenvalue weighted by Gasteiger charge is -2.27. The van der Waals surface area contributed by atoms with E-state index in [1.807, 2.05) is 17.8 Å². The molecule has 1 fully saturated rings. The Kier molecular flexibility index (Phi) is 5.96. The van der Waals surface area contributed by atoms with Gasteiger partial charge in [-0.25, -0.2) is 4.98 Å². The predicted octanol–water partition coefficient (Wildman–Crippen LogP) is 2.56. The van der Waals surface area contributed by atoms with E-state index in [-0.39, 0.29) is 12.4 Å². The number of piperazine rings is 1. The lowest BCUT2D eigenvalue weighted by atomic mass is 10.1. The summed E-state index contributed by atoms with van der Waals surface area (Å²) in [5, 5.41) is 14.0. The third-order valence-electron chi connectivity index (χ3n) is 5.00. The maximum Gasteiger partial charge on any atom is 0.160 e. The number of aromatic nitrogens is 3. The van der Waals surface area contributed by atoms with Crippen LogP contribution in [0.15, 0.2) is 24.3 Å². The number of benzene rings is 1. The second kappa shape index (κ2) is 8.20. The molecule has 0 atom stereocenters. The summed E-state index contributed by atoms with van der Waals surface area (Å²) >= 11 is 0. The molecule has 6 nitrogen and oxygen atoms in total. The lowest BCUT2D eigenvalue weighted by Crippen LogP contribution is -2.44. The topological polar surface area (TPSA) is 58.0 Å². The van der Waals surface area contributed by atoms with Gasteiger partial charge in [-0.1, -0.05) is 18.2 Å². The zero-order valence-corrected chi connectivity index (χ0v) is 16.3. The van der Waals surface area contributed by atoms with E-state index < -0.39 is 0 Å². The van der Waals surface area contributed by atoms with E-state index in [2.05, 4.69) is 45.8 Å². The van der Waals surface area contributed by atoms with E-state index >= 15 is 0 Å². The van der Waals surface area contributed by atoms with Gasteiger partial charge in [-0.05, 0) is 26.0 Å². The van der Waals surface area contributed by atoms with Gasteiger partial charge in [0, 0.05) is 45.2 Å². The number of fused-ring (bicyclic) bond motifs is 2. The van der Waals surface area contributed by atoms with E-state index in [0.29, 0.717) is 0 Å². The third kappa shape index (κ3) is 3.63. The Morgan fingerprint density at radius 1 is 1.19 bits per heavy atom. The Bertz CT molecular complexity index is 884. The van der Waals surface area contributed by atoms with Crippen LogP contribution in [0.2, 0.25) is 0 Å². The molecule has 2 N–H and O–H groups in total. The van der Waals surface area contributed by atoms with Crippen molar-refractivity contribution in [1.82, 2.24) is 25.0 Å². The Morgan fingerprint density at radius 2 is 1.96 bits per heavy atom. The lowest BCUT2D eigenvalue weighted by molar-refractivity contribution is 0.240. The fourth-order valence-corrected chi connectivity index (χ4v) is 3.73. The summed E-state index contributed by atoms with van der Waals surface area (Å²) in [4.78, 5) is 7.34. The number of hydrogen-bond donors (Lipinski definition) is 2. The zero-order chi connectivity index (χ0) is 17.2. The monoisotopic (exact) mass is 374 g/mol. The highest BCUT2D eigenvalue weighted by molar-refractivity contribution is 6.07. The molecule has 0 radical (unpaired) electrons. The van der Waals surface area contributed by atoms with Crippen LogP contribution in [-0.4, -0.2) is 58.9 Å². The second-order valence-electron chi connectivity index (χ2n) is 6.78. The highest BCUT2D eigenvalue weighted by Gasteiger charge is 2.15. The van der Waals surface area contributed by atoms with E-state index in [9.17, 15) is 0 Å². The molecule has 3 aromatic rings. The first kappa shape index (κ1) is 18.9. The minimum atomic E-state index is 0. The summed E-state index contributed by atoms with van der Waals surface area (Å²) in [5.41, 5.74) is 4.16. The summed E-state index contributed by atoms with van der Waals surface area (Å²) in [6, 6.07) is 8.34. The maximum atomic E-state index is 4.81. The van der Waals surface area contributed by atoms with Crippen LogP contribution in [0.3, 0.4) is 0 Å². The Balaban J connectivity index is 0.00000196. The van der Waals surface area contributed by atoms with Gasteiger partial charge in [-0.2, -0.15) is 5.10 Å². The molecule has 1 saturated heterocycles. The number of nitrogens with one attached hydrogen (secondary N) is 2. The summed E-state index contributed by atoms with van der Waals surface area (Å²) in [6.07, 6.45) is 1.14. The highest BCUT2D eigenvalue weighted by Crippen LogP contribution is 2.32. The number of anilines is 1. The molecule has 7 heteroatoms. The van der Waals surface area contributed by atoms with Gasteiger partial charge < -0.3 is 15.5 Å². The molecule has 1 aromatic carbocycles. The second-order valence-corrected chi connectivity index (χ2v) is 6.78. The average molecular weight is 375 g/mol. The first-order chi connectivity index (χ1) is 12.2. The summed E-state index contributed by atoms with van der Waals surface area (Å²) in [7, 11) is 1.96. The standard InChI is InChI=1S/C19H26N6.ClH/c1-14-17-18(21-8-5-11-25-12-9-20-10-13-25)15-6-3-4-7-16(15)22-19(17)24(2)23-14;/h3-4,6-7,20H,5,8-13H2,1-2H3,(H,21,22);1H. The molecular formula is C19H27ClN6. The molecule has 1 aliphatic heterocycles. The average Bonchev–Trinajstić information content (AvgIpc) is 2.92. The van der Waals surface area contributed by atoms with Gasteiger partial charge >= 0.3 is 0 Å². The van der Waals surface area contributed by atoms with Gasteiger partial charge in [0.25, 0.3) is 0 Å². The van der Waals surface area contributed by atoms with Crippen molar-refractivity contribution >= 4 is 40.0 Å². The molecule has 0 amide bonds. The summed E-state index contributed by atoms with van der Waals surface area (Å²) < 4.78 is 1.88. The molecule has 0 bridgehead atoms. The molecule has 0 spiro atoms. The minimum absolute atomic E-state index is 0. The number of pyridine rings is 1. The molecule has 0 unspecified atom stereocenters. The number of rotatable bonds is 5. The number of aryl methyl sites for hydroxylation is 2. The van der Waals surface area contributed by atoms with E-state index in [4.69, 9.17) is 4.98 Å². The summed E-state index contributed by atoms with van der Waals surface area (Å²) in [5.74, 6) is 0. The van der Waals surface area contributed by atoms with Gasteiger partial charge in [-0.3, -0.25) is 4.68 Å². The quantitative estimate of drug-likeness (QED) is 0.672. The van der Waals surface area contributed by atoms with Crippen LogP contribution < -0.4 is 10.6 Å². The Labute approximate surface area is 160 Å². The van der Waals surface area contributed by atoms with Gasteiger partial charge in [0.2, 0.25) is 0 Å². The first-order valence-electron chi connectivity index (χ1n) is 9.13. The van der Waals surface area contributed by atoms with E-state index in [1.54, 1.807) is 0 Å². The Hall–Kier alpha value is -1.89. The van der Waals surface area contributed by atoms with Crippen LogP contribution in [0.4, 0.5) is 5.69 Å². The number of para-hydroxylation sites is 1. The fraction of sp³-hybridized carbons (Fsp3) is 0.474. The zero-order valence-electron chi connectivity index (χ0n) is 15.5. The SMILES string of the molecule is Cc1nn(C)c2nc3ccccc3c(NCCCN3CCNCC3)c12.Cl. The number of hydrogen-bond acceptors (Lipinski definition) is 5. The van der Waals surface area contributed by atoms with Crippen molar-refractivity contribution in [2.24, 2.45) is 7.05 Å². The van der Waals surface area contributed by atoms with Crippen molar-refractivity contribution in [2.45, 2.75) is 13.3 Å². The number of halogens is 1. The molecule has 0 saturated carbocycles. The van der Waals surface area contributed by atoms with Crippen LogP contribution in [0.1, 0.15) is 12.1 Å². The maximum absolute atomic E-state index is 4.81. The fourth-order valence-electron chi connectivity index (χ4n) is 3.73. The van der Waals surface area contributed by atoms with Crippen LogP contribution >= 0.6 is 12.4 Å². The van der Waals surface area contributed by atoms with Crippen LogP contribution in [0.5, 0.6) is 0 Å². The van der Waals surface area contributed by atoms with E-state index in [1.165, 1.54) is 11.1 Å². The molecule has 140 valence electrons. The first-order valence-corrected chi connectivity index (χ1v) is 9.13. The largest absolute Gasteiger partial charge is 0.384 e. The van der Waals surface area contributed by atoms with Crippen molar-refractivity contribution in [3.63, 3.8) is 0 Å². The van der Waals surface area contributed by atoms with Gasteiger partial charge in [0.1, 0.15) is 0 Å². The molecule has 0 aliphatic carbocycles. The highest BCUT2D eigenvalue weighted by atomic mass is 35.5. The van der Waals surface area contributed by atoms with Crippen LogP contribution in [0, 0.1) is 6.92 Å². The van der Waals surface area contributed by atoms with Crippen molar-refractivity contribution < 1.29 is 0 Å². The van der Waals surface area contributed by atoms with Crippen molar-refractivity contribution in [3.8, 4) is 0 Å². The molecular weight excluding hydrogens is 348 g/mol. The van der Waals surface area contributed by atoms with Gasteiger partial charge in [-0.15, -0.1) is 12.4 Å². The molecule has 3 heterocycles. The van der Waals surface area contributed by atoms with Gasteiger partial charge in [0.15, 0.2) is 5.65 Å². The third-order valence-corrected chi connectivity index (χ3v) is 5.00. The minimum Gasteiger partial charge on any atom is -0.384 e. The predicted molar refractivity (Wildman–Crippen MR) is 110 cm³/mol. The molecule has 26 heavy (non-hydrogen) atoms.